The zero-order chi connectivity index (χ0) is 31.3. The summed E-state index contributed by atoms with van der Waals surface area (Å²) in [5, 5.41) is 15.0. The SMILES string of the molecule is COc1cc2c(NS(=O)(=O)c3c(OC)cc(-c4ncc5c(n4)CN(C)CC5)cc3OC)noc2cc1Nc1cc(C2CC2)n[nH]1. The summed E-state index contributed by atoms with van der Waals surface area (Å²) < 4.78 is 52.5. The number of nitrogens with zero attached hydrogens (tertiary/aromatic N) is 5. The van der Waals surface area contributed by atoms with E-state index in [1.165, 1.54) is 21.3 Å². The first-order chi connectivity index (χ1) is 21.8. The minimum absolute atomic E-state index is 0.0252. The number of hydrogen-bond acceptors (Lipinski definition) is 12. The fourth-order valence-electron chi connectivity index (χ4n) is 5.46. The molecular formula is C30H32N8O6S. The van der Waals surface area contributed by atoms with E-state index < -0.39 is 10.0 Å². The van der Waals surface area contributed by atoms with Gasteiger partial charge in [0, 0.05) is 42.9 Å². The number of sulfonamides is 1. The molecule has 0 atom stereocenters. The maximum absolute atomic E-state index is 13.9. The average molecular weight is 633 g/mol. The number of H-pyrrole nitrogens is 1. The normalized spacial score (nSPS) is 15.1. The van der Waals surface area contributed by atoms with Crippen molar-refractivity contribution in [2.24, 2.45) is 0 Å². The second kappa shape index (κ2) is 11.2. The van der Waals surface area contributed by atoms with Gasteiger partial charge in [0.05, 0.1) is 43.8 Å². The summed E-state index contributed by atoms with van der Waals surface area (Å²) in [6.07, 6.45) is 4.97. The number of aromatic amines is 1. The summed E-state index contributed by atoms with van der Waals surface area (Å²) in [6.45, 7) is 1.64. The number of fused-ring (bicyclic) bond motifs is 2. The van der Waals surface area contributed by atoms with Crippen molar-refractivity contribution < 1.29 is 27.2 Å². The highest BCUT2D eigenvalue weighted by Gasteiger charge is 2.30. The number of rotatable bonds is 10. The van der Waals surface area contributed by atoms with Crippen molar-refractivity contribution in [1.82, 2.24) is 30.2 Å². The second-order valence-electron chi connectivity index (χ2n) is 11.2. The summed E-state index contributed by atoms with van der Waals surface area (Å²) in [5.74, 6) is 2.17. The maximum Gasteiger partial charge on any atom is 0.270 e. The van der Waals surface area contributed by atoms with Gasteiger partial charge in [-0.3, -0.25) is 9.82 Å². The van der Waals surface area contributed by atoms with E-state index in [2.05, 4.69) is 35.3 Å². The number of ether oxygens (including phenoxy) is 3. The number of anilines is 3. The van der Waals surface area contributed by atoms with Crippen LogP contribution in [0, 0.1) is 0 Å². The van der Waals surface area contributed by atoms with Gasteiger partial charge in [-0.1, -0.05) is 5.16 Å². The largest absolute Gasteiger partial charge is 0.495 e. The lowest BCUT2D eigenvalue weighted by Crippen LogP contribution is -2.27. The Morgan fingerprint density at radius 2 is 1.78 bits per heavy atom. The molecule has 15 heteroatoms. The molecule has 2 aliphatic rings. The first kappa shape index (κ1) is 28.9. The summed E-state index contributed by atoms with van der Waals surface area (Å²) in [4.78, 5) is 11.3. The van der Waals surface area contributed by atoms with E-state index in [1.807, 2.05) is 19.3 Å². The third kappa shape index (κ3) is 5.48. The van der Waals surface area contributed by atoms with E-state index in [0.717, 1.165) is 42.8 Å². The number of methoxy groups -OCH3 is 3. The number of hydrogen-bond donors (Lipinski definition) is 3. The molecule has 0 unspecified atom stereocenters. The van der Waals surface area contributed by atoms with E-state index in [0.29, 0.717) is 52.1 Å². The van der Waals surface area contributed by atoms with Crippen LogP contribution in [0.1, 0.15) is 35.7 Å². The molecule has 14 nitrogen and oxygen atoms in total. The minimum atomic E-state index is -4.30. The van der Waals surface area contributed by atoms with Crippen molar-refractivity contribution in [2.45, 2.75) is 36.6 Å². The van der Waals surface area contributed by atoms with Gasteiger partial charge in [0.25, 0.3) is 10.0 Å². The molecule has 1 aliphatic carbocycles. The number of benzene rings is 2. The third-order valence-electron chi connectivity index (χ3n) is 8.01. The highest BCUT2D eigenvalue weighted by atomic mass is 32.2. The Bertz CT molecular complexity index is 2000. The van der Waals surface area contributed by atoms with Gasteiger partial charge >= 0.3 is 0 Å². The molecular weight excluding hydrogens is 600 g/mol. The Kier molecular flexibility index (Phi) is 7.20. The first-order valence-corrected chi connectivity index (χ1v) is 15.9. The summed E-state index contributed by atoms with van der Waals surface area (Å²) in [6, 6.07) is 8.45. The highest BCUT2D eigenvalue weighted by Crippen LogP contribution is 2.42. The molecule has 3 aromatic heterocycles. The van der Waals surface area contributed by atoms with Crippen LogP contribution in [0.25, 0.3) is 22.4 Å². The van der Waals surface area contributed by atoms with Gasteiger partial charge in [0.2, 0.25) is 0 Å². The second-order valence-corrected chi connectivity index (χ2v) is 12.8. The predicted molar refractivity (Wildman–Crippen MR) is 166 cm³/mol. The summed E-state index contributed by atoms with van der Waals surface area (Å²) in [5.41, 5.74) is 4.53. The molecule has 45 heavy (non-hydrogen) atoms. The van der Waals surface area contributed by atoms with Crippen LogP contribution in [0.15, 0.2) is 45.9 Å². The number of likely N-dealkylation sites (N-methyl/N-ethyl adjacent to an activating group) is 1. The van der Waals surface area contributed by atoms with Gasteiger partial charge in [0.15, 0.2) is 22.1 Å². The van der Waals surface area contributed by atoms with E-state index in [4.69, 9.17) is 23.7 Å². The minimum Gasteiger partial charge on any atom is -0.495 e. The molecule has 0 radical (unpaired) electrons. The molecule has 1 fully saturated rings. The van der Waals surface area contributed by atoms with Crippen LogP contribution in [-0.4, -0.2) is 73.6 Å². The first-order valence-electron chi connectivity index (χ1n) is 14.4. The average Bonchev–Trinajstić information content (AvgIpc) is 3.68. The van der Waals surface area contributed by atoms with Gasteiger partial charge in [-0.15, -0.1) is 0 Å². The molecule has 5 aromatic rings. The van der Waals surface area contributed by atoms with Gasteiger partial charge in [-0.2, -0.15) is 5.10 Å². The van der Waals surface area contributed by atoms with Crippen LogP contribution in [0.4, 0.5) is 17.3 Å². The molecule has 3 N–H and O–H groups in total. The Balaban J connectivity index is 1.20. The van der Waals surface area contributed by atoms with Crippen molar-refractivity contribution in [1.29, 1.82) is 0 Å². The van der Waals surface area contributed by atoms with Gasteiger partial charge < -0.3 is 29.0 Å². The van der Waals surface area contributed by atoms with Gasteiger partial charge in [-0.25, -0.2) is 18.4 Å². The molecule has 2 aromatic carbocycles. The standard InChI is InChI=1S/C30H32N8O6S/c1-38-8-7-17-14-31-29(33-22(17)15-38)18-9-25(42-3)28(26(10-18)43-4)45(39,40)37-30-19-11-24(41-2)21(12-23(19)44-36-30)32-27-13-20(34-35-27)16-5-6-16/h9-14,16H,5-8,15H2,1-4H3,(H,36,37)(H2,32,34,35). The third-order valence-corrected chi connectivity index (χ3v) is 9.41. The Morgan fingerprint density at radius 3 is 2.49 bits per heavy atom. The molecule has 4 heterocycles. The molecule has 0 amide bonds. The zero-order valence-electron chi connectivity index (χ0n) is 25.2. The molecule has 0 saturated heterocycles. The highest BCUT2D eigenvalue weighted by molar-refractivity contribution is 7.93. The van der Waals surface area contributed by atoms with Crippen molar-refractivity contribution in [3.63, 3.8) is 0 Å². The molecule has 0 spiro atoms. The van der Waals surface area contributed by atoms with Crippen LogP contribution >= 0.6 is 0 Å². The zero-order valence-corrected chi connectivity index (χ0v) is 26.0. The van der Waals surface area contributed by atoms with Crippen LogP contribution in [-0.2, 0) is 23.0 Å². The maximum atomic E-state index is 13.9. The van der Waals surface area contributed by atoms with Gasteiger partial charge in [-0.05, 0) is 50.1 Å². The Hall–Kier alpha value is -4.89. The Labute approximate surface area is 259 Å². The van der Waals surface area contributed by atoms with E-state index in [-0.39, 0.29) is 22.2 Å². The van der Waals surface area contributed by atoms with Crippen LogP contribution in [0.5, 0.6) is 17.2 Å². The molecule has 234 valence electrons. The smallest absolute Gasteiger partial charge is 0.270 e. The van der Waals surface area contributed by atoms with E-state index in [9.17, 15) is 8.42 Å². The monoisotopic (exact) mass is 632 g/mol. The predicted octanol–water partition coefficient (Wildman–Crippen LogP) is 4.44. The lowest BCUT2D eigenvalue weighted by molar-refractivity contribution is 0.307. The van der Waals surface area contributed by atoms with Crippen molar-refractivity contribution >= 4 is 38.3 Å². The van der Waals surface area contributed by atoms with E-state index in [1.54, 1.807) is 24.3 Å². The van der Waals surface area contributed by atoms with Crippen molar-refractivity contribution in [3.05, 3.63) is 53.5 Å². The van der Waals surface area contributed by atoms with Crippen LogP contribution in [0.2, 0.25) is 0 Å². The van der Waals surface area contributed by atoms with Crippen molar-refractivity contribution in [3.8, 4) is 28.6 Å². The number of aromatic nitrogens is 5. The summed E-state index contributed by atoms with van der Waals surface area (Å²) >= 11 is 0. The number of nitrogens with one attached hydrogen (secondary N) is 3. The fourth-order valence-corrected chi connectivity index (χ4v) is 6.78. The fraction of sp³-hybridized carbons (Fsp3) is 0.333. The topological polar surface area (TPSA) is 170 Å². The quantitative estimate of drug-likeness (QED) is 0.198. The van der Waals surface area contributed by atoms with Gasteiger partial charge in [0.1, 0.15) is 23.1 Å². The van der Waals surface area contributed by atoms with Crippen LogP contribution in [0.3, 0.4) is 0 Å². The van der Waals surface area contributed by atoms with Crippen LogP contribution < -0.4 is 24.2 Å². The molecule has 7 rings (SSSR count). The molecule has 0 bridgehead atoms. The molecule has 1 saturated carbocycles. The lowest BCUT2D eigenvalue weighted by Gasteiger charge is -2.24. The summed E-state index contributed by atoms with van der Waals surface area (Å²) in [7, 11) is 2.04. The Morgan fingerprint density at radius 1 is 1.02 bits per heavy atom. The van der Waals surface area contributed by atoms with E-state index >= 15 is 0 Å². The lowest BCUT2D eigenvalue weighted by atomic mass is 10.1. The van der Waals surface area contributed by atoms with Crippen molar-refractivity contribution in [2.75, 3.05) is 45.0 Å². The molecule has 1 aliphatic heterocycles.